The van der Waals surface area contributed by atoms with Crippen LogP contribution in [0.15, 0.2) is 46.7 Å². The zero-order valence-corrected chi connectivity index (χ0v) is 16.2. The molecule has 5 rings (SSSR count). The Morgan fingerprint density at radius 3 is 2.78 bits per heavy atom. The number of piperazine rings is 1. The highest BCUT2D eigenvalue weighted by Gasteiger charge is 2.27. The quantitative estimate of drug-likeness (QED) is 0.700. The molecule has 0 N–H and O–H groups in total. The van der Waals surface area contributed by atoms with E-state index in [9.17, 15) is 4.79 Å². The largest absolute Gasteiger partial charge is 0.298 e. The molecule has 140 valence electrons. The van der Waals surface area contributed by atoms with Gasteiger partial charge in [-0.15, -0.1) is 11.3 Å². The van der Waals surface area contributed by atoms with E-state index in [0.29, 0.717) is 6.04 Å². The van der Waals surface area contributed by atoms with Gasteiger partial charge in [0.15, 0.2) is 4.96 Å². The van der Waals surface area contributed by atoms with Crippen LogP contribution in [0.25, 0.3) is 4.96 Å². The Balaban J connectivity index is 1.21. The zero-order chi connectivity index (χ0) is 18.2. The molecule has 1 unspecified atom stereocenters. The molecule has 1 aliphatic carbocycles. The third-order valence-electron chi connectivity index (χ3n) is 5.99. The van der Waals surface area contributed by atoms with E-state index in [1.165, 1.54) is 41.7 Å². The van der Waals surface area contributed by atoms with Gasteiger partial charge >= 0.3 is 0 Å². The van der Waals surface area contributed by atoms with Gasteiger partial charge in [0, 0.05) is 56.4 Å². The van der Waals surface area contributed by atoms with Crippen LogP contribution < -0.4 is 5.56 Å². The summed E-state index contributed by atoms with van der Waals surface area (Å²) in [5, 5.41) is 1.91. The Labute approximate surface area is 162 Å². The van der Waals surface area contributed by atoms with Gasteiger partial charge in [-0.05, 0) is 30.4 Å². The van der Waals surface area contributed by atoms with Crippen molar-refractivity contribution < 1.29 is 0 Å². The van der Waals surface area contributed by atoms with E-state index in [4.69, 9.17) is 0 Å². The first-order chi connectivity index (χ1) is 13.3. The molecule has 27 heavy (non-hydrogen) atoms. The monoisotopic (exact) mass is 380 g/mol. The first-order valence-electron chi connectivity index (χ1n) is 9.75. The van der Waals surface area contributed by atoms with Gasteiger partial charge < -0.3 is 0 Å². The molecule has 1 atom stereocenters. The van der Waals surface area contributed by atoms with Gasteiger partial charge in [0.2, 0.25) is 0 Å². The lowest BCUT2D eigenvalue weighted by molar-refractivity contribution is 0.0850. The van der Waals surface area contributed by atoms with Gasteiger partial charge in [0.1, 0.15) is 0 Å². The summed E-state index contributed by atoms with van der Waals surface area (Å²) in [5.41, 5.74) is 3.98. The van der Waals surface area contributed by atoms with Crippen molar-refractivity contribution in [3.63, 3.8) is 0 Å². The maximum Gasteiger partial charge on any atom is 0.258 e. The summed E-state index contributed by atoms with van der Waals surface area (Å²) in [5.74, 6) is 0. The van der Waals surface area contributed by atoms with Gasteiger partial charge in [-0.2, -0.15) is 0 Å². The fraction of sp³-hybridized carbons (Fsp3) is 0.429. The van der Waals surface area contributed by atoms with Crippen molar-refractivity contribution in [1.82, 2.24) is 19.2 Å². The highest BCUT2D eigenvalue weighted by Crippen LogP contribution is 2.25. The summed E-state index contributed by atoms with van der Waals surface area (Å²) < 4.78 is 1.62. The minimum absolute atomic E-state index is 0.0238. The summed E-state index contributed by atoms with van der Waals surface area (Å²) in [6.07, 6.45) is 5.45. The average Bonchev–Trinajstić information content (AvgIpc) is 3.17. The molecule has 6 heteroatoms. The van der Waals surface area contributed by atoms with Gasteiger partial charge in [0.05, 0.1) is 5.69 Å². The molecule has 0 spiro atoms. The predicted octanol–water partition coefficient (Wildman–Crippen LogP) is 2.43. The molecule has 1 fully saturated rings. The average molecular weight is 381 g/mol. The number of hydrogen-bond donors (Lipinski definition) is 0. The number of aryl methyl sites for hydroxylation is 1. The Morgan fingerprint density at radius 2 is 1.93 bits per heavy atom. The lowest BCUT2D eigenvalue weighted by atomic mass is 9.87. The van der Waals surface area contributed by atoms with Crippen LogP contribution in [-0.4, -0.2) is 51.4 Å². The number of benzene rings is 1. The van der Waals surface area contributed by atoms with Crippen LogP contribution in [0.4, 0.5) is 0 Å². The number of fused-ring (bicyclic) bond motifs is 2. The minimum atomic E-state index is 0.0238. The van der Waals surface area contributed by atoms with E-state index in [1.807, 2.05) is 5.38 Å². The highest BCUT2D eigenvalue weighted by molar-refractivity contribution is 7.15. The molecule has 0 amide bonds. The molecule has 1 aromatic carbocycles. The van der Waals surface area contributed by atoms with E-state index in [-0.39, 0.29) is 5.56 Å². The van der Waals surface area contributed by atoms with E-state index < -0.39 is 0 Å². The van der Waals surface area contributed by atoms with Crippen LogP contribution in [0.2, 0.25) is 0 Å². The third kappa shape index (κ3) is 3.45. The second kappa shape index (κ2) is 7.19. The molecule has 2 aliphatic rings. The molecule has 1 aliphatic heterocycles. The Bertz CT molecular complexity index is 1000. The molecular formula is C21H24N4OS. The molecule has 0 radical (unpaired) electrons. The van der Waals surface area contributed by atoms with Gasteiger partial charge in [-0.3, -0.25) is 19.0 Å². The lowest BCUT2D eigenvalue weighted by Gasteiger charge is -2.41. The highest BCUT2D eigenvalue weighted by atomic mass is 32.1. The molecule has 5 nitrogen and oxygen atoms in total. The van der Waals surface area contributed by atoms with Crippen molar-refractivity contribution in [2.45, 2.75) is 31.8 Å². The van der Waals surface area contributed by atoms with E-state index in [1.54, 1.807) is 16.7 Å². The second-order valence-corrected chi connectivity index (χ2v) is 8.49. The smallest absolute Gasteiger partial charge is 0.258 e. The summed E-state index contributed by atoms with van der Waals surface area (Å²) in [6, 6.07) is 11.3. The predicted molar refractivity (Wildman–Crippen MR) is 108 cm³/mol. The molecule has 0 saturated carbocycles. The fourth-order valence-corrected chi connectivity index (χ4v) is 5.21. The van der Waals surface area contributed by atoms with E-state index in [2.05, 4.69) is 39.0 Å². The summed E-state index contributed by atoms with van der Waals surface area (Å²) >= 11 is 1.52. The molecule has 3 aromatic rings. The molecule has 2 aromatic heterocycles. The first kappa shape index (κ1) is 17.1. The molecule has 1 saturated heterocycles. The van der Waals surface area contributed by atoms with Crippen molar-refractivity contribution in [1.29, 1.82) is 0 Å². The molecule has 0 bridgehead atoms. The van der Waals surface area contributed by atoms with Crippen molar-refractivity contribution in [2.75, 3.05) is 26.2 Å². The van der Waals surface area contributed by atoms with Crippen LogP contribution in [0, 0.1) is 0 Å². The van der Waals surface area contributed by atoms with Crippen molar-refractivity contribution in [2.24, 2.45) is 0 Å². The van der Waals surface area contributed by atoms with Crippen LogP contribution in [0.3, 0.4) is 0 Å². The lowest BCUT2D eigenvalue weighted by Crippen LogP contribution is -2.51. The topological polar surface area (TPSA) is 40.9 Å². The zero-order valence-electron chi connectivity index (χ0n) is 15.4. The Kier molecular flexibility index (Phi) is 4.55. The number of nitrogens with zero attached hydrogens (tertiary/aromatic N) is 4. The Morgan fingerprint density at radius 1 is 1.11 bits per heavy atom. The summed E-state index contributed by atoms with van der Waals surface area (Å²) in [4.78, 5) is 22.7. The van der Waals surface area contributed by atoms with Crippen molar-refractivity contribution in [3.05, 3.63) is 69.1 Å². The number of hydrogen-bond acceptors (Lipinski definition) is 5. The maximum atomic E-state index is 12.2. The van der Waals surface area contributed by atoms with Crippen molar-refractivity contribution >= 4 is 16.3 Å². The number of aromatic nitrogens is 2. The second-order valence-electron chi connectivity index (χ2n) is 7.62. The normalized spacial score (nSPS) is 21.4. The number of rotatable bonds is 3. The minimum Gasteiger partial charge on any atom is -0.298 e. The standard InChI is InChI=1S/C21H24N4OS/c26-20-14-18(22-21-25(20)11-12-27-21)15-23-7-9-24(10-8-23)19-6-5-16-3-1-2-4-17(16)13-19/h1-4,11-12,14,19H,5-10,13,15H2. The van der Waals surface area contributed by atoms with Crippen LogP contribution in [-0.2, 0) is 19.4 Å². The van der Waals surface area contributed by atoms with Crippen LogP contribution in [0.5, 0.6) is 0 Å². The van der Waals surface area contributed by atoms with Crippen molar-refractivity contribution in [3.8, 4) is 0 Å². The first-order valence-corrected chi connectivity index (χ1v) is 10.6. The maximum absolute atomic E-state index is 12.2. The Hall–Kier alpha value is -2.02. The fourth-order valence-electron chi connectivity index (χ4n) is 4.47. The SMILES string of the molecule is O=c1cc(CN2CCN(C3CCc4ccccc4C3)CC2)nc2sccn12. The van der Waals surface area contributed by atoms with E-state index >= 15 is 0 Å². The summed E-state index contributed by atoms with van der Waals surface area (Å²) in [6.45, 7) is 5.07. The van der Waals surface area contributed by atoms with Gasteiger partial charge in [-0.25, -0.2) is 4.98 Å². The number of thiazole rings is 1. The van der Waals surface area contributed by atoms with Gasteiger partial charge in [-0.1, -0.05) is 24.3 Å². The van der Waals surface area contributed by atoms with Gasteiger partial charge in [0.25, 0.3) is 5.56 Å². The van der Waals surface area contributed by atoms with Crippen LogP contribution in [0.1, 0.15) is 23.2 Å². The molecule has 3 heterocycles. The third-order valence-corrected chi connectivity index (χ3v) is 6.74. The summed E-state index contributed by atoms with van der Waals surface area (Å²) in [7, 11) is 0. The van der Waals surface area contributed by atoms with E-state index in [0.717, 1.165) is 43.4 Å². The molecular weight excluding hydrogens is 356 g/mol. The van der Waals surface area contributed by atoms with Crippen LogP contribution >= 0.6 is 11.3 Å².